The number of nitrogens with zero attached hydrogens (tertiary/aromatic N) is 1. The van der Waals surface area contributed by atoms with E-state index in [2.05, 4.69) is 17.6 Å². The molecule has 0 heterocycles. The van der Waals surface area contributed by atoms with Crippen molar-refractivity contribution in [1.82, 2.24) is 5.32 Å². The SMILES string of the molecule is CC1CCCCC1NC(=O)Nc1ccc(F)cc1C#N. The number of nitrogens with one attached hydrogen (secondary N) is 2. The molecule has 0 radical (unpaired) electrons. The van der Waals surface area contributed by atoms with Gasteiger partial charge < -0.3 is 10.6 Å². The van der Waals surface area contributed by atoms with Crippen LogP contribution in [0.1, 0.15) is 38.2 Å². The molecular formula is C15H18FN3O. The van der Waals surface area contributed by atoms with E-state index in [1.807, 2.05) is 6.07 Å². The van der Waals surface area contributed by atoms with Crippen LogP contribution in [0.4, 0.5) is 14.9 Å². The van der Waals surface area contributed by atoms with E-state index in [4.69, 9.17) is 5.26 Å². The Morgan fingerprint density at radius 2 is 2.15 bits per heavy atom. The van der Waals surface area contributed by atoms with Gasteiger partial charge >= 0.3 is 6.03 Å². The van der Waals surface area contributed by atoms with Crippen LogP contribution in [0.2, 0.25) is 0 Å². The lowest BCUT2D eigenvalue weighted by molar-refractivity contribution is 0.232. The van der Waals surface area contributed by atoms with Crippen molar-refractivity contribution >= 4 is 11.7 Å². The number of hydrogen-bond donors (Lipinski definition) is 2. The van der Waals surface area contributed by atoms with Crippen molar-refractivity contribution in [1.29, 1.82) is 5.26 Å². The highest BCUT2D eigenvalue weighted by atomic mass is 19.1. The summed E-state index contributed by atoms with van der Waals surface area (Å²) in [5.74, 6) is -0.0356. The van der Waals surface area contributed by atoms with Gasteiger partial charge in [-0.2, -0.15) is 5.26 Å². The molecule has 0 saturated heterocycles. The number of urea groups is 1. The standard InChI is InChI=1S/C15H18FN3O/c1-10-4-2-3-5-13(10)18-15(20)19-14-7-6-12(16)8-11(14)9-17/h6-8,10,13H,2-5H2,1H3,(H2,18,19,20). The predicted octanol–water partition coefficient (Wildman–Crippen LogP) is 3.40. The van der Waals surface area contributed by atoms with E-state index in [1.165, 1.54) is 18.6 Å². The molecule has 1 aliphatic rings. The van der Waals surface area contributed by atoms with E-state index in [0.717, 1.165) is 25.3 Å². The molecule has 4 nitrogen and oxygen atoms in total. The van der Waals surface area contributed by atoms with Crippen molar-refractivity contribution in [3.05, 3.63) is 29.6 Å². The number of hydrogen-bond acceptors (Lipinski definition) is 2. The molecule has 1 aliphatic carbocycles. The second-order valence-electron chi connectivity index (χ2n) is 5.27. The normalized spacial score (nSPS) is 21.9. The van der Waals surface area contributed by atoms with Crippen LogP contribution in [-0.4, -0.2) is 12.1 Å². The Balaban J connectivity index is 1.99. The topological polar surface area (TPSA) is 64.9 Å². The van der Waals surface area contributed by atoms with Gasteiger partial charge in [-0.15, -0.1) is 0 Å². The molecular weight excluding hydrogens is 257 g/mol. The quantitative estimate of drug-likeness (QED) is 0.868. The molecule has 1 aromatic rings. The Bertz CT molecular complexity index is 538. The zero-order valence-corrected chi connectivity index (χ0v) is 11.4. The molecule has 5 heteroatoms. The van der Waals surface area contributed by atoms with Gasteiger partial charge in [0.05, 0.1) is 11.3 Å². The highest BCUT2D eigenvalue weighted by molar-refractivity contribution is 5.90. The summed E-state index contributed by atoms with van der Waals surface area (Å²) in [6, 6.07) is 5.43. The molecule has 0 aromatic heterocycles. The average molecular weight is 275 g/mol. The molecule has 1 aromatic carbocycles. The maximum absolute atomic E-state index is 13.0. The number of nitriles is 1. The third kappa shape index (κ3) is 3.47. The third-order valence-corrected chi connectivity index (χ3v) is 3.78. The van der Waals surface area contributed by atoms with Crippen molar-refractivity contribution in [2.24, 2.45) is 5.92 Å². The third-order valence-electron chi connectivity index (χ3n) is 3.78. The van der Waals surface area contributed by atoms with Crippen LogP contribution in [0.15, 0.2) is 18.2 Å². The molecule has 20 heavy (non-hydrogen) atoms. The zero-order valence-electron chi connectivity index (χ0n) is 11.4. The first-order chi connectivity index (χ1) is 9.60. The fourth-order valence-electron chi connectivity index (χ4n) is 2.58. The largest absolute Gasteiger partial charge is 0.335 e. The van der Waals surface area contributed by atoms with Crippen LogP contribution >= 0.6 is 0 Å². The van der Waals surface area contributed by atoms with Crippen molar-refractivity contribution in [2.45, 2.75) is 38.6 Å². The van der Waals surface area contributed by atoms with Gasteiger partial charge in [0.1, 0.15) is 11.9 Å². The van der Waals surface area contributed by atoms with E-state index in [-0.39, 0.29) is 17.6 Å². The summed E-state index contributed by atoms with van der Waals surface area (Å²) in [6.07, 6.45) is 4.42. The molecule has 2 amide bonds. The molecule has 0 aliphatic heterocycles. The monoisotopic (exact) mass is 275 g/mol. The highest BCUT2D eigenvalue weighted by Crippen LogP contribution is 2.24. The summed E-state index contributed by atoms with van der Waals surface area (Å²) in [4.78, 5) is 12.0. The average Bonchev–Trinajstić information content (AvgIpc) is 2.43. The molecule has 0 spiro atoms. The van der Waals surface area contributed by atoms with Crippen molar-refractivity contribution in [3.63, 3.8) is 0 Å². The maximum Gasteiger partial charge on any atom is 0.319 e. The minimum Gasteiger partial charge on any atom is -0.335 e. The Kier molecular flexibility index (Phi) is 4.57. The Morgan fingerprint density at radius 3 is 2.85 bits per heavy atom. The zero-order chi connectivity index (χ0) is 14.5. The lowest BCUT2D eigenvalue weighted by atomic mass is 9.86. The van der Waals surface area contributed by atoms with Gasteiger partial charge in [0, 0.05) is 6.04 Å². The number of amides is 2. The Hall–Kier alpha value is -2.09. The van der Waals surface area contributed by atoms with Gasteiger partial charge in [-0.05, 0) is 37.0 Å². The molecule has 1 fully saturated rings. The van der Waals surface area contributed by atoms with E-state index < -0.39 is 5.82 Å². The number of halogens is 1. The van der Waals surface area contributed by atoms with E-state index in [0.29, 0.717) is 11.6 Å². The molecule has 2 rings (SSSR count). The fourth-order valence-corrected chi connectivity index (χ4v) is 2.58. The van der Waals surface area contributed by atoms with Gasteiger partial charge in [0.25, 0.3) is 0 Å². The molecule has 106 valence electrons. The van der Waals surface area contributed by atoms with Gasteiger partial charge in [-0.1, -0.05) is 19.8 Å². The van der Waals surface area contributed by atoms with Crippen LogP contribution in [0.5, 0.6) is 0 Å². The lowest BCUT2D eigenvalue weighted by Crippen LogP contribution is -2.43. The van der Waals surface area contributed by atoms with Crippen LogP contribution in [0, 0.1) is 23.1 Å². The van der Waals surface area contributed by atoms with E-state index >= 15 is 0 Å². The van der Waals surface area contributed by atoms with Gasteiger partial charge in [0.15, 0.2) is 0 Å². The first-order valence-electron chi connectivity index (χ1n) is 6.87. The second kappa shape index (κ2) is 6.38. The Labute approximate surface area is 118 Å². The number of rotatable bonds is 2. The van der Waals surface area contributed by atoms with Crippen molar-refractivity contribution < 1.29 is 9.18 Å². The summed E-state index contributed by atoms with van der Waals surface area (Å²) >= 11 is 0. The van der Waals surface area contributed by atoms with Gasteiger partial charge in [-0.3, -0.25) is 0 Å². The van der Waals surface area contributed by atoms with Crippen molar-refractivity contribution in [3.8, 4) is 6.07 Å². The summed E-state index contributed by atoms with van der Waals surface area (Å²) in [5, 5.41) is 14.5. The van der Waals surface area contributed by atoms with Crippen LogP contribution in [-0.2, 0) is 0 Å². The maximum atomic E-state index is 13.0. The highest BCUT2D eigenvalue weighted by Gasteiger charge is 2.22. The fraction of sp³-hybridized carbons (Fsp3) is 0.467. The van der Waals surface area contributed by atoms with Crippen LogP contribution in [0.3, 0.4) is 0 Å². The molecule has 2 unspecified atom stereocenters. The van der Waals surface area contributed by atoms with Crippen molar-refractivity contribution in [2.75, 3.05) is 5.32 Å². The number of carbonyl (C=O) groups is 1. The van der Waals surface area contributed by atoms with Crippen LogP contribution in [0.25, 0.3) is 0 Å². The molecule has 1 saturated carbocycles. The van der Waals surface area contributed by atoms with Crippen LogP contribution < -0.4 is 10.6 Å². The minimum atomic E-state index is -0.492. The summed E-state index contributed by atoms with van der Waals surface area (Å²) in [5.41, 5.74) is 0.451. The smallest absolute Gasteiger partial charge is 0.319 e. The first-order valence-corrected chi connectivity index (χ1v) is 6.87. The molecule has 2 N–H and O–H groups in total. The predicted molar refractivity (Wildman–Crippen MR) is 74.7 cm³/mol. The molecule has 2 atom stereocenters. The second-order valence-corrected chi connectivity index (χ2v) is 5.27. The summed E-state index contributed by atoms with van der Waals surface area (Å²) < 4.78 is 13.0. The molecule has 0 bridgehead atoms. The first kappa shape index (κ1) is 14.3. The number of carbonyl (C=O) groups excluding carboxylic acids is 1. The summed E-state index contributed by atoms with van der Waals surface area (Å²) in [6.45, 7) is 2.13. The number of benzene rings is 1. The van der Waals surface area contributed by atoms with Gasteiger partial charge in [-0.25, -0.2) is 9.18 Å². The Morgan fingerprint density at radius 1 is 1.40 bits per heavy atom. The number of anilines is 1. The van der Waals surface area contributed by atoms with E-state index in [9.17, 15) is 9.18 Å². The summed E-state index contributed by atoms with van der Waals surface area (Å²) in [7, 11) is 0. The lowest BCUT2D eigenvalue weighted by Gasteiger charge is -2.29. The van der Waals surface area contributed by atoms with Gasteiger partial charge in [0.2, 0.25) is 0 Å². The van der Waals surface area contributed by atoms with E-state index in [1.54, 1.807) is 0 Å². The minimum absolute atomic E-state index is 0.122.